The van der Waals surface area contributed by atoms with E-state index in [1.165, 1.54) is 16.7 Å². The lowest BCUT2D eigenvalue weighted by molar-refractivity contribution is 0.103. The van der Waals surface area contributed by atoms with Gasteiger partial charge in [-0.25, -0.2) is 4.98 Å². The van der Waals surface area contributed by atoms with Gasteiger partial charge in [0.1, 0.15) is 5.82 Å². The van der Waals surface area contributed by atoms with Crippen LogP contribution in [-0.2, 0) is 0 Å². The SMILES string of the molecule is Cc1c(-c2cc(Br)c3ccccc3c2)ccnc1NC(=O)c1cccs1. The summed E-state index contributed by atoms with van der Waals surface area (Å²) in [7, 11) is 0. The smallest absolute Gasteiger partial charge is 0.266 e. The molecule has 0 unspecified atom stereocenters. The van der Waals surface area contributed by atoms with Crippen molar-refractivity contribution < 1.29 is 4.79 Å². The molecule has 0 saturated carbocycles. The van der Waals surface area contributed by atoms with E-state index >= 15 is 0 Å². The average molecular weight is 423 g/mol. The van der Waals surface area contributed by atoms with E-state index in [0.29, 0.717) is 10.7 Å². The van der Waals surface area contributed by atoms with Crippen molar-refractivity contribution in [2.45, 2.75) is 6.92 Å². The highest BCUT2D eigenvalue weighted by Gasteiger charge is 2.13. The van der Waals surface area contributed by atoms with Gasteiger partial charge in [-0.2, -0.15) is 0 Å². The number of carbonyl (C=O) groups is 1. The quantitative estimate of drug-likeness (QED) is 0.421. The summed E-state index contributed by atoms with van der Waals surface area (Å²) in [6, 6.07) is 18.2. The number of nitrogens with zero attached hydrogens (tertiary/aromatic N) is 1. The van der Waals surface area contributed by atoms with Crippen molar-refractivity contribution in [3.63, 3.8) is 0 Å². The highest BCUT2D eigenvalue weighted by Crippen LogP contribution is 2.34. The van der Waals surface area contributed by atoms with Crippen molar-refractivity contribution in [3.8, 4) is 11.1 Å². The summed E-state index contributed by atoms with van der Waals surface area (Å²) in [6.45, 7) is 1.98. The number of aromatic nitrogens is 1. The number of pyridine rings is 1. The maximum absolute atomic E-state index is 12.4. The molecular formula is C21H15BrN2OS. The second-order valence-corrected chi connectivity index (χ2v) is 7.74. The minimum atomic E-state index is -0.132. The van der Waals surface area contributed by atoms with Gasteiger partial charge in [0.15, 0.2) is 0 Å². The zero-order chi connectivity index (χ0) is 18.1. The molecule has 0 fully saturated rings. The monoisotopic (exact) mass is 422 g/mol. The van der Waals surface area contributed by atoms with Crippen LogP contribution >= 0.6 is 27.3 Å². The first kappa shape index (κ1) is 16.9. The van der Waals surface area contributed by atoms with Gasteiger partial charge in [0.25, 0.3) is 5.91 Å². The van der Waals surface area contributed by atoms with E-state index < -0.39 is 0 Å². The molecule has 4 rings (SSSR count). The number of hydrogen-bond acceptors (Lipinski definition) is 3. The fourth-order valence-corrected chi connectivity index (χ4v) is 4.20. The van der Waals surface area contributed by atoms with Gasteiger partial charge >= 0.3 is 0 Å². The van der Waals surface area contributed by atoms with Gasteiger partial charge in [-0.15, -0.1) is 11.3 Å². The third-order valence-electron chi connectivity index (χ3n) is 4.30. The van der Waals surface area contributed by atoms with Crippen molar-refractivity contribution in [2.75, 3.05) is 5.32 Å². The summed E-state index contributed by atoms with van der Waals surface area (Å²) >= 11 is 5.08. The molecule has 0 atom stereocenters. The number of benzene rings is 2. The van der Waals surface area contributed by atoms with Crippen LogP contribution in [0.4, 0.5) is 5.82 Å². The van der Waals surface area contributed by atoms with Gasteiger partial charge < -0.3 is 5.32 Å². The van der Waals surface area contributed by atoms with Crippen LogP contribution in [0.5, 0.6) is 0 Å². The number of rotatable bonds is 3. The van der Waals surface area contributed by atoms with E-state index in [1.54, 1.807) is 12.3 Å². The lowest BCUT2D eigenvalue weighted by Gasteiger charge is -2.13. The molecule has 4 aromatic rings. The number of hydrogen-bond donors (Lipinski definition) is 1. The van der Waals surface area contributed by atoms with Crippen molar-refractivity contribution >= 4 is 49.8 Å². The zero-order valence-electron chi connectivity index (χ0n) is 14.0. The minimum Gasteiger partial charge on any atom is -0.306 e. The number of anilines is 1. The molecule has 5 heteroatoms. The largest absolute Gasteiger partial charge is 0.306 e. The van der Waals surface area contributed by atoms with Crippen molar-refractivity contribution in [3.05, 3.63) is 81.1 Å². The first-order valence-electron chi connectivity index (χ1n) is 8.12. The van der Waals surface area contributed by atoms with E-state index in [0.717, 1.165) is 26.5 Å². The molecule has 0 aliphatic carbocycles. The van der Waals surface area contributed by atoms with Gasteiger partial charge in [-0.1, -0.05) is 46.3 Å². The molecule has 3 nitrogen and oxygen atoms in total. The number of thiophene rings is 1. The molecule has 2 aromatic carbocycles. The summed E-state index contributed by atoms with van der Waals surface area (Å²) in [4.78, 5) is 17.4. The second kappa shape index (κ2) is 7.02. The molecule has 26 heavy (non-hydrogen) atoms. The molecule has 0 bridgehead atoms. The van der Waals surface area contributed by atoms with Crippen LogP contribution in [0.2, 0.25) is 0 Å². The summed E-state index contributed by atoms with van der Waals surface area (Å²) in [6.07, 6.45) is 1.73. The Balaban J connectivity index is 1.75. The van der Waals surface area contributed by atoms with E-state index in [-0.39, 0.29) is 5.91 Å². The molecule has 0 saturated heterocycles. The number of nitrogens with one attached hydrogen (secondary N) is 1. The fraction of sp³-hybridized carbons (Fsp3) is 0.0476. The molecule has 128 valence electrons. The van der Waals surface area contributed by atoms with Gasteiger partial charge in [-0.05, 0) is 64.0 Å². The van der Waals surface area contributed by atoms with Gasteiger partial charge in [0.05, 0.1) is 4.88 Å². The highest BCUT2D eigenvalue weighted by atomic mass is 79.9. The van der Waals surface area contributed by atoms with Crippen LogP contribution in [0.15, 0.2) is 70.6 Å². The Morgan fingerprint density at radius 2 is 1.96 bits per heavy atom. The van der Waals surface area contributed by atoms with E-state index in [4.69, 9.17) is 0 Å². The third-order valence-corrected chi connectivity index (χ3v) is 5.83. The maximum Gasteiger partial charge on any atom is 0.266 e. The molecule has 0 aliphatic heterocycles. The number of fused-ring (bicyclic) bond motifs is 1. The standard InChI is InChI=1S/C21H15BrN2OS/c1-13-16(15-11-14-5-2-3-6-17(14)18(22)12-15)8-9-23-20(13)24-21(25)19-7-4-10-26-19/h2-12H,1H3,(H,23,24,25). The van der Waals surface area contributed by atoms with Crippen molar-refractivity contribution in [1.29, 1.82) is 0 Å². The molecule has 0 radical (unpaired) electrons. The van der Waals surface area contributed by atoms with E-state index in [9.17, 15) is 4.79 Å². The number of carbonyl (C=O) groups excluding carboxylic acids is 1. The molecule has 0 spiro atoms. The van der Waals surface area contributed by atoms with Crippen molar-refractivity contribution in [2.24, 2.45) is 0 Å². The predicted octanol–water partition coefficient (Wildman–Crippen LogP) is 6.29. The number of amides is 1. The zero-order valence-corrected chi connectivity index (χ0v) is 16.4. The Labute approximate surface area is 163 Å². The summed E-state index contributed by atoms with van der Waals surface area (Å²) < 4.78 is 1.05. The molecule has 1 amide bonds. The van der Waals surface area contributed by atoms with Crippen LogP contribution in [0.1, 0.15) is 15.2 Å². The molecular weight excluding hydrogens is 408 g/mol. The predicted molar refractivity (Wildman–Crippen MR) is 112 cm³/mol. The molecule has 1 N–H and O–H groups in total. The lowest BCUT2D eigenvalue weighted by atomic mass is 9.98. The highest BCUT2D eigenvalue weighted by molar-refractivity contribution is 9.10. The van der Waals surface area contributed by atoms with Crippen LogP contribution in [-0.4, -0.2) is 10.9 Å². The molecule has 2 aromatic heterocycles. The van der Waals surface area contributed by atoms with Crippen LogP contribution in [0.3, 0.4) is 0 Å². The normalized spacial score (nSPS) is 10.8. The Morgan fingerprint density at radius 3 is 2.77 bits per heavy atom. The average Bonchev–Trinajstić information content (AvgIpc) is 3.18. The van der Waals surface area contributed by atoms with Crippen molar-refractivity contribution in [1.82, 2.24) is 4.98 Å². The summed E-state index contributed by atoms with van der Waals surface area (Å²) in [5.41, 5.74) is 3.08. The lowest BCUT2D eigenvalue weighted by Crippen LogP contribution is -2.12. The molecule has 2 heterocycles. The van der Waals surface area contributed by atoms with Crippen LogP contribution in [0.25, 0.3) is 21.9 Å². The van der Waals surface area contributed by atoms with Crippen LogP contribution < -0.4 is 5.32 Å². The Bertz CT molecular complexity index is 1110. The van der Waals surface area contributed by atoms with Gasteiger partial charge in [0.2, 0.25) is 0 Å². The first-order valence-corrected chi connectivity index (χ1v) is 9.80. The Hall–Kier alpha value is -2.50. The fourth-order valence-electron chi connectivity index (χ4n) is 2.97. The minimum absolute atomic E-state index is 0.132. The Morgan fingerprint density at radius 1 is 1.12 bits per heavy atom. The first-order chi connectivity index (χ1) is 12.6. The second-order valence-electron chi connectivity index (χ2n) is 5.94. The maximum atomic E-state index is 12.4. The number of halogens is 1. The van der Waals surface area contributed by atoms with Crippen LogP contribution in [0, 0.1) is 6.92 Å². The molecule has 0 aliphatic rings. The van der Waals surface area contributed by atoms with Gasteiger partial charge in [0, 0.05) is 10.7 Å². The Kier molecular flexibility index (Phi) is 4.57. The summed E-state index contributed by atoms with van der Waals surface area (Å²) in [5, 5.41) is 7.15. The van der Waals surface area contributed by atoms with E-state index in [2.05, 4.69) is 50.5 Å². The van der Waals surface area contributed by atoms with E-state index in [1.807, 2.05) is 36.6 Å². The third kappa shape index (κ3) is 3.16. The van der Waals surface area contributed by atoms with Gasteiger partial charge in [-0.3, -0.25) is 4.79 Å². The summed E-state index contributed by atoms with van der Waals surface area (Å²) in [5.74, 6) is 0.456. The topological polar surface area (TPSA) is 42.0 Å².